The second-order valence-electron chi connectivity index (χ2n) is 2.74. The maximum atomic E-state index is 10.7. The van der Waals surface area contributed by atoms with Gasteiger partial charge in [0.1, 0.15) is 0 Å². The Kier molecular flexibility index (Phi) is 4.42. The van der Waals surface area contributed by atoms with E-state index in [1.165, 1.54) is 0 Å². The number of halogens is 1. The Morgan fingerprint density at radius 2 is 2.14 bits per heavy atom. The Morgan fingerprint density at radius 1 is 1.43 bits per heavy atom. The largest absolute Gasteiger partial charge is 0.337 e. The average molecular weight is 258 g/mol. The lowest BCUT2D eigenvalue weighted by Crippen LogP contribution is -2.40. The van der Waals surface area contributed by atoms with Crippen molar-refractivity contribution in [1.29, 1.82) is 0 Å². The monoisotopic (exact) mass is 257 g/mol. The summed E-state index contributed by atoms with van der Waals surface area (Å²) in [6.07, 6.45) is 0.773. The summed E-state index contributed by atoms with van der Waals surface area (Å²) in [5, 5.41) is 2.61. The lowest BCUT2D eigenvalue weighted by atomic mass is 10.1. The van der Waals surface area contributed by atoms with Gasteiger partial charge >= 0.3 is 6.03 Å². The van der Waals surface area contributed by atoms with Crippen LogP contribution in [-0.2, 0) is 6.42 Å². The van der Waals surface area contributed by atoms with E-state index in [1.54, 1.807) is 0 Å². The van der Waals surface area contributed by atoms with Crippen molar-refractivity contribution in [2.45, 2.75) is 6.42 Å². The van der Waals surface area contributed by atoms with Gasteiger partial charge in [-0.15, -0.1) is 0 Å². The van der Waals surface area contributed by atoms with E-state index in [9.17, 15) is 4.79 Å². The topological polar surface area (TPSA) is 67.1 Å². The summed E-state index contributed by atoms with van der Waals surface area (Å²) < 4.78 is 1.05. The van der Waals surface area contributed by atoms with E-state index in [0.717, 1.165) is 16.5 Å². The Balaban J connectivity index is 2.39. The number of nitrogens with two attached hydrogens (primary N) is 1. The average Bonchev–Trinajstić information content (AvgIpc) is 2.20. The van der Waals surface area contributed by atoms with Crippen molar-refractivity contribution in [1.82, 2.24) is 10.7 Å². The molecule has 0 atom stereocenters. The molecule has 0 aliphatic carbocycles. The highest BCUT2D eigenvalue weighted by molar-refractivity contribution is 9.10. The van der Waals surface area contributed by atoms with E-state index in [-0.39, 0.29) is 6.03 Å². The molecule has 0 saturated heterocycles. The van der Waals surface area contributed by atoms with Crippen LogP contribution in [0.4, 0.5) is 4.79 Å². The molecule has 0 spiro atoms. The number of hydrogen-bond acceptors (Lipinski definition) is 2. The third kappa shape index (κ3) is 3.35. The summed E-state index contributed by atoms with van der Waals surface area (Å²) in [6, 6.07) is 7.53. The van der Waals surface area contributed by atoms with Gasteiger partial charge in [-0.1, -0.05) is 34.1 Å². The van der Waals surface area contributed by atoms with Crippen LogP contribution in [0, 0.1) is 0 Å². The minimum atomic E-state index is -0.364. The van der Waals surface area contributed by atoms with E-state index in [1.807, 2.05) is 29.7 Å². The molecule has 0 aromatic heterocycles. The lowest BCUT2D eigenvalue weighted by molar-refractivity contribution is 0.241. The first-order valence-electron chi connectivity index (χ1n) is 4.22. The number of urea groups is 1. The van der Waals surface area contributed by atoms with Crippen LogP contribution in [0.3, 0.4) is 0 Å². The van der Waals surface area contributed by atoms with Crippen LogP contribution < -0.4 is 16.6 Å². The Bertz CT molecular complexity index is 317. The lowest BCUT2D eigenvalue weighted by Gasteiger charge is -2.05. The molecule has 1 aromatic rings. The third-order valence-electron chi connectivity index (χ3n) is 1.77. The van der Waals surface area contributed by atoms with Gasteiger partial charge in [0.15, 0.2) is 0 Å². The molecule has 76 valence electrons. The van der Waals surface area contributed by atoms with Crippen LogP contribution >= 0.6 is 15.9 Å². The quantitative estimate of drug-likeness (QED) is 0.432. The summed E-state index contributed by atoms with van der Waals surface area (Å²) in [4.78, 5) is 10.7. The molecular formula is C9H12BrN3O. The third-order valence-corrected chi connectivity index (χ3v) is 2.54. The SMILES string of the molecule is NNC(=O)NCCc1ccccc1Br. The second kappa shape index (κ2) is 5.62. The van der Waals surface area contributed by atoms with Gasteiger partial charge in [0.25, 0.3) is 0 Å². The number of benzene rings is 1. The predicted octanol–water partition coefficient (Wildman–Crippen LogP) is 1.16. The van der Waals surface area contributed by atoms with E-state index >= 15 is 0 Å². The zero-order valence-corrected chi connectivity index (χ0v) is 9.17. The molecule has 0 radical (unpaired) electrons. The molecule has 0 aliphatic rings. The van der Waals surface area contributed by atoms with Crippen molar-refractivity contribution >= 4 is 22.0 Å². The molecule has 2 amide bonds. The number of hydrogen-bond donors (Lipinski definition) is 3. The molecule has 0 saturated carbocycles. The van der Waals surface area contributed by atoms with E-state index in [2.05, 4.69) is 21.2 Å². The molecule has 0 unspecified atom stereocenters. The molecule has 0 bridgehead atoms. The van der Waals surface area contributed by atoms with Gasteiger partial charge < -0.3 is 5.32 Å². The molecule has 1 rings (SSSR count). The summed E-state index contributed by atoms with van der Waals surface area (Å²) in [7, 11) is 0. The Labute approximate surface area is 91.0 Å². The first-order valence-corrected chi connectivity index (χ1v) is 5.01. The number of rotatable bonds is 3. The summed E-state index contributed by atoms with van der Waals surface area (Å²) in [5.41, 5.74) is 3.16. The summed E-state index contributed by atoms with van der Waals surface area (Å²) in [6.45, 7) is 0.561. The molecule has 4 N–H and O–H groups in total. The Hall–Kier alpha value is -1.07. The highest BCUT2D eigenvalue weighted by atomic mass is 79.9. The fourth-order valence-corrected chi connectivity index (χ4v) is 1.55. The van der Waals surface area contributed by atoms with Gasteiger partial charge in [-0.3, -0.25) is 5.43 Å². The van der Waals surface area contributed by atoms with Crippen molar-refractivity contribution < 1.29 is 4.79 Å². The number of nitrogens with one attached hydrogen (secondary N) is 2. The molecule has 0 fully saturated rings. The van der Waals surface area contributed by atoms with Gasteiger partial charge in [-0.05, 0) is 18.1 Å². The molecule has 5 heteroatoms. The number of amides is 2. The highest BCUT2D eigenvalue weighted by Crippen LogP contribution is 2.15. The van der Waals surface area contributed by atoms with E-state index in [4.69, 9.17) is 5.84 Å². The van der Waals surface area contributed by atoms with Gasteiger partial charge in [-0.2, -0.15) is 0 Å². The normalized spacial score (nSPS) is 9.57. The van der Waals surface area contributed by atoms with E-state index in [0.29, 0.717) is 6.54 Å². The van der Waals surface area contributed by atoms with Crippen LogP contribution in [0.25, 0.3) is 0 Å². The molecule has 14 heavy (non-hydrogen) atoms. The van der Waals surface area contributed by atoms with Crippen LogP contribution in [0.2, 0.25) is 0 Å². The number of carbonyl (C=O) groups is 1. The number of hydrazine groups is 1. The van der Waals surface area contributed by atoms with Crippen LogP contribution in [0.1, 0.15) is 5.56 Å². The molecule has 1 aromatic carbocycles. The van der Waals surface area contributed by atoms with Gasteiger partial charge in [0, 0.05) is 11.0 Å². The Morgan fingerprint density at radius 3 is 2.79 bits per heavy atom. The first-order chi connectivity index (χ1) is 6.74. The first kappa shape index (κ1) is 11.0. The fourth-order valence-electron chi connectivity index (χ4n) is 1.06. The second-order valence-corrected chi connectivity index (χ2v) is 3.60. The molecule has 4 nitrogen and oxygen atoms in total. The minimum Gasteiger partial charge on any atom is -0.337 e. The van der Waals surface area contributed by atoms with Gasteiger partial charge in [-0.25, -0.2) is 10.6 Å². The van der Waals surface area contributed by atoms with Gasteiger partial charge in [0.05, 0.1) is 0 Å². The van der Waals surface area contributed by atoms with Gasteiger partial charge in [0.2, 0.25) is 0 Å². The van der Waals surface area contributed by atoms with Crippen LogP contribution in [0.15, 0.2) is 28.7 Å². The minimum absolute atomic E-state index is 0.364. The fraction of sp³-hybridized carbons (Fsp3) is 0.222. The molecule has 0 aliphatic heterocycles. The zero-order chi connectivity index (χ0) is 10.4. The smallest absolute Gasteiger partial charge is 0.328 e. The van der Waals surface area contributed by atoms with E-state index < -0.39 is 0 Å². The molecule has 0 heterocycles. The van der Waals surface area contributed by atoms with Crippen molar-refractivity contribution in [2.75, 3.05) is 6.54 Å². The highest BCUT2D eigenvalue weighted by Gasteiger charge is 1.99. The summed E-state index contributed by atoms with van der Waals surface area (Å²) in [5.74, 6) is 4.91. The van der Waals surface area contributed by atoms with Crippen LogP contribution in [-0.4, -0.2) is 12.6 Å². The van der Waals surface area contributed by atoms with Crippen molar-refractivity contribution in [3.05, 3.63) is 34.3 Å². The standard InChI is InChI=1S/C9H12BrN3O/c10-8-4-2-1-3-7(8)5-6-12-9(14)13-11/h1-4H,5-6,11H2,(H2,12,13,14). The zero-order valence-electron chi connectivity index (χ0n) is 7.59. The molecular weight excluding hydrogens is 246 g/mol. The van der Waals surface area contributed by atoms with Crippen LogP contribution in [0.5, 0.6) is 0 Å². The van der Waals surface area contributed by atoms with Crippen molar-refractivity contribution in [3.8, 4) is 0 Å². The van der Waals surface area contributed by atoms with Crippen molar-refractivity contribution in [3.63, 3.8) is 0 Å². The number of carbonyl (C=O) groups excluding carboxylic acids is 1. The van der Waals surface area contributed by atoms with Crippen molar-refractivity contribution in [2.24, 2.45) is 5.84 Å². The maximum Gasteiger partial charge on any atom is 0.328 e. The summed E-state index contributed by atoms with van der Waals surface area (Å²) >= 11 is 3.43. The maximum absolute atomic E-state index is 10.7. The predicted molar refractivity (Wildman–Crippen MR) is 58.6 cm³/mol.